The van der Waals surface area contributed by atoms with E-state index in [1.54, 1.807) is 24.3 Å². The van der Waals surface area contributed by atoms with Crippen LogP contribution in [-0.4, -0.2) is 29.2 Å². The monoisotopic (exact) mass is 230 g/mol. The molecule has 1 aromatic carbocycles. The molecule has 0 aromatic heterocycles. The van der Waals surface area contributed by atoms with Crippen LogP contribution in [0.25, 0.3) is 0 Å². The molecule has 0 unspecified atom stereocenters. The largest absolute Gasteiger partial charge is 0.325 e. The molecule has 1 heterocycles. The fourth-order valence-corrected chi connectivity index (χ4v) is 1.45. The predicted octanol–water partition coefficient (Wildman–Crippen LogP) is 0.550. The van der Waals surface area contributed by atoms with Gasteiger partial charge in [0.25, 0.3) is 11.8 Å². The first-order valence-electron chi connectivity index (χ1n) is 5.05. The van der Waals surface area contributed by atoms with Crippen molar-refractivity contribution in [2.75, 3.05) is 11.9 Å². The number of carbonyl (C=O) groups excluding carboxylic acids is 3. The van der Waals surface area contributed by atoms with Gasteiger partial charge >= 0.3 is 0 Å². The minimum atomic E-state index is -0.460. The van der Waals surface area contributed by atoms with Crippen molar-refractivity contribution < 1.29 is 14.4 Å². The lowest BCUT2D eigenvalue weighted by Gasteiger charge is -2.13. The first-order chi connectivity index (χ1) is 8.16. The normalized spacial score (nSPS) is 14.2. The van der Waals surface area contributed by atoms with Gasteiger partial charge in [-0.15, -0.1) is 0 Å². The summed E-state index contributed by atoms with van der Waals surface area (Å²) in [6, 6.07) is 8.84. The van der Waals surface area contributed by atoms with E-state index in [4.69, 9.17) is 0 Å². The van der Waals surface area contributed by atoms with E-state index >= 15 is 0 Å². The Bertz CT molecular complexity index is 476. The molecule has 0 radical (unpaired) electrons. The summed E-state index contributed by atoms with van der Waals surface area (Å²) in [5.41, 5.74) is 0.629. The van der Waals surface area contributed by atoms with E-state index in [1.807, 2.05) is 6.07 Å². The zero-order chi connectivity index (χ0) is 12.3. The number of para-hydroxylation sites is 1. The zero-order valence-corrected chi connectivity index (χ0v) is 8.92. The van der Waals surface area contributed by atoms with Gasteiger partial charge in [-0.2, -0.15) is 0 Å². The lowest BCUT2D eigenvalue weighted by atomic mass is 10.3. The van der Waals surface area contributed by atoms with Crippen LogP contribution < -0.4 is 5.32 Å². The summed E-state index contributed by atoms with van der Waals surface area (Å²) >= 11 is 0. The molecule has 1 aliphatic rings. The molecule has 2 rings (SSSR count). The number of benzene rings is 1. The molecular weight excluding hydrogens is 220 g/mol. The first kappa shape index (κ1) is 11.1. The lowest BCUT2D eigenvalue weighted by Crippen LogP contribution is -2.37. The molecule has 5 heteroatoms. The highest BCUT2D eigenvalue weighted by molar-refractivity contribution is 6.15. The highest BCUT2D eigenvalue weighted by Gasteiger charge is 2.25. The summed E-state index contributed by atoms with van der Waals surface area (Å²) < 4.78 is 0. The van der Waals surface area contributed by atoms with Crippen molar-refractivity contribution >= 4 is 23.4 Å². The Morgan fingerprint density at radius 1 is 1.06 bits per heavy atom. The number of rotatable bonds is 3. The standard InChI is InChI=1S/C12H10N2O3/c15-10(13-9-4-2-1-3-5-9)8-14-11(16)6-7-12(14)17/h1-7H,8H2,(H,13,15). The number of hydrogen-bond donors (Lipinski definition) is 1. The smallest absolute Gasteiger partial charge is 0.254 e. The molecule has 3 amide bonds. The quantitative estimate of drug-likeness (QED) is 0.771. The summed E-state index contributed by atoms with van der Waals surface area (Å²) in [5, 5.41) is 2.60. The highest BCUT2D eigenvalue weighted by atomic mass is 16.2. The van der Waals surface area contributed by atoms with Gasteiger partial charge in [-0.25, -0.2) is 0 Å². The topological polar surface area (TPSA) is 66.5 Å². The minimum absolute atomic E-state index is 0.264. The molecule has 0 saturated carbocycles. The second-order valence-corrected chi connectivity index (χ2v) is 3.51. The van der Waals surface area contributed by atoms with Crippen LogP contribution in [0.5, 0.6) is 0 Å². The van der Waals surface area contributed by atoms with Crippen LogP contribution in [0.3, 0.4) is 0 Å². The van der Waals surface area contributed by atoms with Crippen LogP contribution in [0.1, 0.15) is 0 Å². The number of nitrogens with zero attached hydrogens (tertiary/aromatic N) is 1. The maximum absolute atomic E-state index is 11.6. The number of hydrogen-bond acceptors (Lipinski definition) is 3. The molecular formula is C12H10N2O3. The molecule has 0 spiro atoms. The Morgan fingerprint density at radius 2 is 1.65 bits per heavy atom. The van der Waals surface area contributed by atoms with Gasteiger partial charge < -0.3 is 5.32 Å². The Kier molecular flexibility index (Phi) is 3.00. The van der Waals surface area contributed by atoms with E-state index in [1.165, 1.54) is 0 Å². The zero-order valence-electron chi connectivity index (χ0n) is 8.92. The predicted molar refractivity (Wildman–Crippen MR) is 60.9 cm³/mol. The summed E-state index contributed by atoms with van der Waals surface area (Å²) in [6.07, 6.45) is 2.30. The van der Waals surface area contributed by atoms with E-state index in [2.05, 4.69) is 5.32 Å². The Balaban J connectivity index is 1.94. The minimum Gasteiger partial charge on any atom is -0.325 e. The van der Waals surface area contributed by atoms with Gasteiger partial charge in [0.05, 0.1) is 0 Å². The van der Waals surface area contributed by atoms with Crippen LogP contribution in [0.2, 0.25) is 0 Å². The number of anilines is 1. The highest BCUT2D eigenvalue weighted by Crippen LogP contribution is 2.07. The molecule has 0 aliphatic carbocycles. The van der Waals surface area contributed by atoms with Crippen LogP contribution in [-0.2, 0) is 14.4 Å². The lowest BCUT2D eigenvalue weighted by molar-refractivity contribution is -0.139. The van der Waals surface area contributed by atoms with E-state index in [9.17, 15) is 14.4 Å². The van der Waals surface area contributed by atoms with E-state index in [-0.39, 0.29) is 6.54 Å². The number of carbonyl (C=O) groups is 3. The van der Waals surface area contributed by atoms with Crippen LogP contribution in [0.15, 0.2) is 42.5 Å². The summed E-state index contributed by atoms with van der Waals surface area (Å²) in [6.45, 7) is -0.264. The molecule has 5 nitrogen and oxygen atoms in total. The average Bonchev–Trinajstić information content (AvgIpc) is 2.62. The molecule has 0 bridgehead atoms. The SMILES string of the molecule is O=C(CN1C(=O)C=CC1=O)Nc1ccccc1. The third-order valence-electron chi connectivity index (χ3n) is 2.26. The second kappa shape index (κ2) is 4.61. The van der Waals surface area contributed by atoms with E-state index in [0.717, 1.165) is 17.1 Å². The Labute approximate surface area is 97.7 Å². The second-order valence-electron chi connectivity index (χ2n) is 3.51. The van der Waals surface area contributed by atoms with Crippen molar-refractivity contribution in [3.63, 3.8) is 0 Å². The van der Waals surface area contributed by atoms with Crippen molar-refractivity contribution in [1.29, 1.82) is 0 Å². The van der Waals surface area contributed by atoms with Gasteiger partial charge in [0.15, 0.2) is 0 Å². The average molecular weight is 230 g/mol. The molecule has 17 heavy (non-hydrogen) atoms. The third-order valence-corrected chi connectivity index (χ3v) is 2.26. The summed E-state index contributed by atoms with van der Waals surface area (Å²) in [7, 11) is 0. The Hall–Kier alpha value is -2.43. The van der Waals surface area contributed by atoms with Gasteiger partial charge in [0.1, 0.15) is 6.54 Å². The Morgan fingerprint density at radius 3 is 2.24 bits per heavy atom. The van der Waals surface area contributed by atoms with Crippen LogP contribution in [0, 0.1) is 0 Å². The fraction of sp³-hybridized carbons (Fsp3) is 0.0833. The van der Waals surface area contributed by atoms with Gasteiger partial charge in [-0.05, 0) is 12.1 Å². The molecule has 0 saturated heterocycles. The molecule has 86 valence electrons. The van der Waals surface area contributed by atoms with Crippen molar-refractivity contribution in [3.8, 4) is 0 Å². The third kappa shape index (κ3) is 2.57. The van der Waals surface area contributed by atoms with Crippen molar-refractivity contribution in [2.24, 2.45) is 0 Å². The molecule has 1 aromatic rings. The van der Waals surface area contributed by atoms with Crippen LogP contribution in [0.4, 0.5) is 5.69 Å². The van der Waals surface area contributed by atoms with Crippen molar-refractivity contribution in [3.05, 3.63) is 42.5 Å². The van der Waals surface area contributed by atoms with Gasteiger partial charge in [-0.1, -0.05) is 18.2 Å². The maximum Gasteiger partial charge on any atom is 0.254 e. The molecule has 1 aliphatic heterocycles. The number of nitrogens with one attached hydrogen (secondary N) is 1. The molecule has 1 N–H and O–H groups in total. The van der Waals surface area contributed by atoms with E-state index in [0.29, 0.717) is 5.69 Å². The van der Waals surface area contributed by atoms with Crippen molar-refractivity contribution in [1.82, 2.24) is 4.90 Å². The van der Waals surface area contributed by atoms with Crippen LogP contribution >= 0.6 is 0 Å². The van der Waals surface area contributed by atoms with Gasteiger partial charge in [-0.3, -0.25) is 19.3 Å². The molecule has 0 atom stereocenters. The van der Waals surface area contributed by atoms with Gasteiger partial charge in [0.2, 0.25) is 5.91 Å². The fourth-order valence-electron chi connectivity index (χ4n) is 1.45. The van der Waals surface area contributed by atoms with Gasteiger partial charge in [0, 0.05) is 17.8 Å². The number of amides is 3. The van der Waals surface area contributed by atoms with Crippen molar-refractivity contribution in [2.45, 2.75) is 0 Å². The summed E-state index contributed by atoms with van der Waals surface area (Å²) in [5.74, 6) is -1.32. The summed E-state index contributed by atoms with van der Waals surface area (Å²) in [4.78, 5) is 34.9. The maximum atomic E-state index is 11.6. The van der Waals surface area contributed by atoms with E-state index < -0.39 is 17.7 Å². The molecule has 0 fully saturated rings. The first-order valence-corrected chi connectivity index (χ1v) is 5.05. The number of imide groups is 1.